The van der Waals surface area contributed by atoms with Gasteiger partial charge >= 0.3 is 0 Å². The monoisotopic (exact) mass is 314 g/mol. The Balaban J connectivity index is 2.08. The molecule has 1 amide bonds. The van der Waals surface area contributed by atoms with E-state index in [0.717, 1.165) is 22.3 Å². The van der Waals surface area contributed by atoms with Crippen LogP contribution in [0.5, 0.6) is 0 Å². The van der Waals surface area contributed by atoms with Gasteiger partial charge < -0.3 is 9.73 Å². The van der Waals surface area contributed by atoms with E-state index in [1.165, 1.54) is 0 Å². The van der Waals surface area contributed by atoms with E-state index in [2.05, 4.69) is 10.3 Å². The Labute approximate surface area is 133 Å². The summed E-state index contributed by atoms with van der Waals surface area (Å²) in [5.74, 6) is 0.254. The molecule has 3 aromatic rings. The van der Waals surface area contributed by atoms with Gasteiger partial charge in [0, 0.05) is 11.3 Å². The van der Waals surface area contributed by atoms with Crippen LogP contribution in [0, 0.1) is 13.8 Å². The number of benzene rings is 2. The SMILES string of the molecule is Cc1ccccc1-c1nc2cc(NC(=O)CCl)cc(C)c2o1. The van der Waals surface area contributed by atoms with Crippen molar-refractivity contribution in [3.63, 3.8) is 0 Å². The first-order valence-corrected chi connectivity index (χ1v) is 7.45. The predicted octanol–water partition coefficient (Wildman–Crippen LogP) is 4.29. The van der Waals surface area contributed by atoms with Crippen molar-refractivity contribution in [2.75, 3.05) is 11.2 Å². The van der Waals surface area contributed by atoms with Crippen LogP contribution in [0.1, 0.15) is 11.1 Å². The number of alkyl halides is 1. The normalized spacial score (nSPS) is 10.9. The fourth-order valence-electron chi connectivity index (χ4n) is 2.39. The number of amides is 1. The smallest absolute Gasteiger partial charge is 0.239 e. The lowest BCUT2D eigenvalue weighted by atomic mass is 10.1. The molecule has 1 N–H and O–H groups in total. The lowest BCUT2D eigenvalue weighted by Gasteiger charge is -2.03. The Hall–Kier alpha value is -2.33. The second kappa shape index (κ2) is 5.81. The van der Waals surface area contributed by atoms with Crippen molar-refractivity contribution < 1.29 is 9.21 Å². The zero-order valence-corrected chi connectivity index (χ0v) is 13.1. The van der Waals surface area contributed by atoms with Gasteiger partial charge in [0.1, 0.15) is 11.4 Å². The molecule has 0 bridgehead atoms. The number of aromatic nitrogens is 1. The molecule has 1 heterocycles. The van der Waals surface area contributed by atoms with Crippen LogP contribution in [0.25, 0.3) is 22.6 Å². The second-order valence-corrected chi connectivity index (χ2v) is 5.42. The summed E-state index contributed by atoms with van der Waals surface area (Å²) in [6.07, 6.45) is 0. The minimum atomic E-state index is -0.247. The van der Waals surface area contributed by atoms with E-state index in [4.69, 9.17) is 16.0 Å². The number of rotatable bonds is 3. The molecule has 0 fully saturated rings. The highest BCUT2D eigenvalue weighted by atomic mass is 35.5. The van der Waals surface area contributed by atoms with E-state index in [1.807, 2.05) is 44.2 Å². The maximum Gasteiger partial charge on any atom is 0.239 e. The number of carbonyl (C=O) groups excluding carboxylic acids is 1. The molecular formula is C17H15ClN2O2. The number of aryl methyl sites for hydroxylation is 2. The van der Waals surface area contributed by atoms with Crippen molar-refractivity contribution in [2.45, 2.75) is 13.8 Å². The minimum absolute atomic E-state index is 0.0790. The first-order chi connectivity index (χ1) is 10.6. The van der Waals surface area contributed by atoms with Crippen molar-refractivity contribution in [2.24, 2.45) is 0 Å². The van der Waals surface area contributed by atoms with Crippen LogP contribution in [-0.4, -0.2) is 16.8 Å². The number of oxazole rings is 1. The summed E-state index contributed by atoms with van der Waals surface area (Å²) in [4.78, 5) is 16.0. The predicted molar refractivity (Wildman–Crippen MR) is 88.3 cm³/mol. The van der Waals surface area contributed by atoms with Gasteiger partial charge in [0.2, 0.25) is 11.8 Å². The summed E-state index contributed by atoms with van der Waals surface area (Å²) in [6, 6.07) is 11.6. The molecule has 4 nitrogen and oxygen atoms in total. The van der Waals surface area contributed by atoms with Crippen molar-refractivity contribution in [3.8, 4) is 11.5 Å². The van der Waals surface area contributed by atoms with Crippen molar-refractivity contribution in [1.82, 2.24) is 4.98 Å². The number of carbonyl (C=O) groups is 1. The van der Waals surface area contributed by atoms with Crippen LogP contribution in [-0.2, 0) is 4.79 Å². The number of anilines is 1. The average Bonchev–Trinajstić information content (AvgIpc) is 2.92. The number of hydrogen-bond acceptors (Lipinski definition) is 3. The summed E-state index contributed by atoms with van der Waals surface area (Å²) >= 11 is 5.52. The number of halogens is 1. The molecule has 1 aromatic heterocycles. The molecule has 112 valence electrons. The highest BCUT2D eigenvalue weighted by molar-refractivity contribution is 6.29. The van der Waals surface area contributed by atoms with Crippen LogP contribution in [0.2, 0.25) is 0 Å². The zero-order chi connectivity index (χ0) is 15.7. The van der Waals surface area contributed by atoms with E-state index >= 15 is 0 Å². The zero-order valence-electron chi connectivity index (χ0n) is 12.3. The quantitative estimate of drug-likeness (QED) is 0.734. The summed E-state index contributed by atoms with van der Waals surface area (Å²) in [6.45, 7) is 3.94. The van der Waals surface area contributed by atoms with Crippen molar-refractivity contribution in [3.05, 3.63) is 47.5 Å². The maximum absolute atomic E-state index is 11.4. The standard InChI is InChI=1S/C17H15ClN2O2/c1-10-5-3-4-6-13(10)17-20-14-8-12(19-15(21)9-18)7-11(2)16(14)22-17/h3-8H,9H2,1-2H3,(H,19,21). The molecule has 0 saturated carbocycles. The van der Waals surface area contributed by atoms with E-state index < -0.39 is 0 Å². The lowest BCUT2D eigenvalue weighted by molar-refractivity contribution is -0.113. The van der Waals surface area contributed by atoms with Gasteiger partial charge in [-0.05, 0) is 43.2 Å². The maximum atomic E-state index is 11.4. The first-order valence-electron chi connectivity index (χ1n) is 6.91. The van der Waals surface area contributed by atoms with Crippen LogP contribution in [0.4, 0.5) is 5.69 Å². The van der Waals surface area contributed by atoms with Gasteiger partial charge in [-0.15, -0.1) is 11.6 Å². The van der Waals surface area contributed by atoms with E-state index in [9.17, 15) is 4.79 Å². The molecule has 0 aliphatic rings. The van der Waals surface area contributed by atoms with Gasteiger partial charge in [-0.25, -0.2) is 4.98 Å². The summed E-state index contributed by atoms with van der Waals surface area (Å²) in [7, 11) is 0. The van der Waals surface area contributed by atoms with Crippen LogP contribution in [0.15, 0.2) is 40.8 Å². The number of nitrogens with zero attached hydrogens (tertiary/aromatic N) is 1. The third kappa shape index (κ3) is 2.70. The number of fused-ring (bicyclic) bond motifs is 1. The Morgan fingerprint density at radius 3 is 2.73 bits per heavy atom. The molecule has 0 atom stereocenters. The molecule has 0 unspecified atom stereocenters. The minimum Gasteiger partial charge on any atom is -0.436 e. The van der Waals surface area contributed by atoms with Crippen molar-refractivity contribution >= 4 is 34.3 Å². The van der Waals surface area contributed by atoms with Crippen LogP contribution >= 0.6 is 11.6 Å². The Morgan fingerprint density at radius 2 is 2.00 bits per heavy atom. The van der Waals surface area contributed by atoms with E-state index in [-0.39, 0.29) is 11.8 Å². The van der Waals surface area contributed by atoms with Gasteiger partial charge in [-0.3, -0.25) is 4.79 Å². The molecule has 0 aliphatic heterocycles. The van der Waals surface area contributed by atoms with E-state index in [1.54, 1.807) is 6.07 Å². The third-order valence-electron chi connectivity index (χ3n) is 3.46. The summed E-state index contributed by atoms with van der Waals surface area (Å²) < 4.78 is 5.90. The number of nitrogens with one attached hydrogen (secondary N) is 1. The average molecular weight is 315 g/mol. The van der Waals surface area contributed by atoms with Gasteiger partial charge in [0.15, 0.2) is 5.58 Å². The molecule has 2 aromatic carbocycles. The Kier molecular flexibility index (Phi) is 3.86. The highest BCUT2D eigenvalue weighted by Crippen LogP contribution is 2.30. The molecule has 0 aliphatic carbocycles. The fourth-order valence-corrected chi connectivity index (χ4v) is 2.46. The van der Waals surface area contributed by atoms with Gasteiger partial charge in [-0.2, -0.15) is 0 Å². The largest absolute Gasteiger partial charge is 0.436 e. The first kappa shape index (κ1) is 14.6. The number of hydrogen-bond donors (Lipinski definition) is 1. The molecule has 22 heavy (non-hydrogen) atoms. The molecule has 3 rings (SSSR count). The third-order valence-corrected chi connectivity index (χ3v) is 3.70. The topological polar surface area (TPSA) is 55.1 Å². The van der Waals surface area contributed by atoms with E-state index in [0.29, 0.717) is 17.1 Å². The molecule has 0 spiro atoms. The Morgan fingerprint density at radius 1 is 1.23 bits per heavy atom. The molecule has 0 saturated heterocycles. The van der Waals surface area contributed by atoms with Crippen LogP contribution in [0.3, 0.4) is 0 Å². The summed E-state index contributed by atoms with van der Waals surface area (Å²) in [5, 5.41) is 2.73. The molecule has 5 heteroatoms. The van der Waals surface area contributed by atoms with Gasteiger partial charge in [0.05, 0.1) is 0 Å². The molecular weight excluding hydrogens is 300 g/mol. The van der Waals surface area contributed by atoms with Crippen molar-refractivity contribution in [1.29, 1.82) is 0 Å². The highest BCUT2D eigenvalue weighted by Gasteiger charge is 2.13. The van der Waals surface area contributed by atoms with Crippen LogP contribution < -0.4 is 5.32 Å². The second-order valence-electron chi connectivity index (χ2n) is 5.16. The fraction of sp³-hybridized carbons (Fsp3) is 0.176. The Bertz CT molecular complexity index is 855. The molecule has 0 radical (unpaired) electrons. The van der Waals surface area contributed by atoms with Gasteiger partial charge in [0.25, 0.3) is 0 Å². The van der Waals surface area contributed by atoms with Gasteiger partial charge in [-0.1, -0.05) is 18.2 Å². The summed E-state index contributed by atoms with van der Waals surface area (Å²) in [5.41, 5.74) is 5.08. The lowest BCUT2D eigenvalue weighted by Crippen LogP contribution is -2.12.